The normalized spacial score (nSPS) is 26.2. The Hall–Kier alpha value is -1.97. The number of fused-ring (bicyclic) bond motifs is 3. The molecule has 2 fully saturated rings. The van der Waals surface area contributed by atoms with Crippen LogP contribution in [-0.2, 0) is 14.8 Å². The zero-order valence-corrected chi connectivity index (χ0v) is 16.0. The highest BCUT2D eigenvalue weighted by Crippen LogP contribution is 2.31. The molecule has 0 spiro atoms. The zero-order chi connectivity index (χ0) is 19.2. The first-order valence-corrected chi connectivity index (χ1v) is 10.6. The number of nitrogens with one attached hydrogen (secondary N) is 1. The second kappa shape index (κ2) is 6.88. The number of carbonyl (C=O) groups is 2. The molecular formula is C18H23N3O5S. The van der Waals surface area contributed by atoms with Gasteiger partial charge in [0.1, 0.15) is 4.90 Å². The number of amides is 2. The van der Waals surface area contributed by atoms with E-state index in [0.717, 1.165) is 23.6 Å². The van der Waals surface area contributed by atoms with Gasteiger partial charge in [-0.15, -0.1) is 0 Å². The van der Waals surface area contributed by atoms with Crippen LogP contribution in [0.3, 0.4) is 0 Å². The molecule has 9 heteroatoms. The van der Waals surface area contributed by atoms with Crippen LogP contribution in [0.25, 0.3) is 0 Å². The van der Waals surface area contributed by atoms with Gasteiger partial charge in [-0.25, -0.2) is 12.7 Å². The smallest absolute Gasteiger partial charge is 0.269 e. The molecule has 1 aromatic rings. The Morgan fingerprint density at radius 3 is 2.81 bits per heavy atom. The molecule has 2 amide bonds. The SMILES string of the molecule is COCCN1C(=O)c2ccc(C(=O)N3CCC4CCC(C3)N4)cc2S1(=O)=O. The van der Waals surface area contributed by atoms with Gasteiger partial charge < -0.3 is 15.0 Å². The molecule has 3 heterocycles. The number of carbonyl (C=O) groups excluding carboxylic acids is 2. The molecule has 0 aromatic heterocycles. The van der Waals surface area contributed by atoms with E-state index in [1.807, 2.05) is 0 Å². The van der Waals surface area contributed by atoms with Gasteiger partial charge in [-0.05, 0) is 37.5 Å². The lowest BCUT2D eigenvalue weighted by molar-refractivity contribution is 0.0746. The summed E-state index contributed by atoms with van der Waals surface area (Å²) < 4.78 is 31.2. The number of hydrogen-bond donors (Lipinski definition) is 1. The van der Waals surface area contributed by atoms with Gasteiger partial charge in [-0.2, -0.15) is 0 Å². The Labute approximate surface area is 158 Å². The lowest BCUT2D eigenvalue weighted by Gasteiger charge is -2.24. The molecule has 0 saturated carbocycles. The van der Waals surface area contributed by atoms with E-state index in [2.05, 4.69) is 5.32 Å². The highest BCUT2D eigenvalue weighted by Gasteiger charge is 2.41. The number of benzene rings is 1. The first-order valence-electron chi connectivity index (χ1n) is 9.17. The average molecular weight is 393 g/mol. The molecule has 1 aromatic carbocycles. The summed E-state index contributed by atoms with van der Waals surface area (Å²) in [5.74, 6) is -0.762. The minimum atomic E-state index is -3.95. The number of ether oxygens (including phenoxy) is 1. The molecule has 1 N–H and O–H groups in total. The molecular weight excluding hydrogens is 370 g/mol. The summed E-state index contributed by atoms with van der Waals surface area (Å²) in [6.07, 6.45) is 3.09. The maximum atomic E-state index is 13.0. The number of rotatable bonds is 4. The molecule has 2 atom stereocenters. The molecule has 4 rings (SSSR count). The number of likely N-dealkylation sites (tertiary alicyclic amines) is 1. The quantitative estimate of drug-likeness (QED) is 0.798. The van der Waals surface area contributed by atoms with Crippen molar-refractivity contribution in [1.29, 1.82) is 0 Å². The summed E-state index contributed by atoms with van der Waals surface area (Å²) in [6.45, 7) is 1.35. The van der Waals surface area contributed by atoms with E-state index in [-0.39, 0.29) is 29.5 Å². The molecule has 2 saturated heterocycles. The van der Waals surface area contributed by atoms with Crippen LogP contribution in [-0.4, -0.2) is 74.9 Å². The fourth-order valence-corrected chi connectivity index (χ4v) is 5.69. The van der Waals surface area contributed by atoms with Gasteiger partial charge in [-0.3, -0.25) is 9.59 Å². The summed E-state index contributed by atoms with van der Waals surface area (Å²) in [4.78, 5) is 27.1. The van der Waals surface area contributed by atoms with Crippen molar-refractivity contribution in [1.82, 2.24) is 14.5 Å². The Kier molecular flexibility index (Phi) is 4.69. The van der Waals surface area contributed by atoms with E-state index in [1.165, 1.54) is 19.2 Å². The van der Waals surface area contributed by atoms with E-state index in [9.17, 15) is 18.0 Å². The van der Waals surface area contributed by atoms with E-state index in [0.29, 0.717) is 30.7 Å². The summed E-state index contributed by atoms with van der Waals surface area (Å²) in [6, 6.07) is 5.09. The fourth-order valence-electron chi connectivity index (χ4n) is 4.11. The Morgan fingerprint density at radius 1 is 1.26 bits per heavy atom. The summed E-state index contributed by atoms with van der Waals surface area (Å²) in [5, 5.41) is 3.52. The molecule has 3 aliphatic rings. The van der Waals surface area contributed by atoms with Gasteiger partial charge >= 0.3 is 0 Å². The minimum Gasteiger partial charge on any atom is -0.383 e. The fraction of sp³-hybridized carbons (Fsp3) is 0.556. The van der Waals surface area contributed by atoms with Gasteiger partial charge in [0.25, 0.3) is 21.8 Å². The summed E-state index contributed by atoms with van der Waals surface area (Å²) >= 11 is 0. The van der Waals surface area contributed by atoms with Gasteiger partial charge in [-0.1, -0.05) is 0 Å². The predicted octanol–water partition coefficient (Wildman–Crippen LogP) is 0.444. The van der Waals surface area contributed by atoms with Crippen molar-refractivity contribution in [3.8, 4) is 0 Å². The highest BCUT2D eigenvalue weighted by atomic mass is 32.2. The first kappa shape index (κ1) is 18.4. The van der Waals surface area contributed by atoms with Crippen LogP contribution in [0.5, 0.6) is 0 Å². The molecule has 8 nitrogen and oxygen atoms in total. The third-order valence-electron chi connectivity index (χ3n) is 5.56. The number of methoxy groups -OCH3 is 1. The second-order valence-electron chi connectivity index (χ2n) is 7.26. The maximum Gasteiger partial charge on any atom is 0.269 e. The van der Waals surface area contributed by atoms with E-state index in [4.69, 9.17) is 4.74 Å². The van der Waals surface area contributed by atoms with Crippen LogP contribution in [0.4, 0.5) is 0 Å². The Balaban J connectivity index is 1.60. The number of nitrogens with zero attached hydrogens (tertiary/aromatic N) is 2. The van der Waals surface area contributed by atoms with Crippen LogP contribution in [0.1, 0.15) is 40.0 Å². The van der Waals surface area contributed by atoms with Crippen LogP contribution in [0, 0.1) is 0 Å². The van der Waals surface area contributed by atoms with Crippen LogP contribution in [0.2, 0.25) is 0 Å². The molecule has 27 heavy (non-hydrogen) atoms. The van der Waals surface area contributed by atoms with Crippen molar-refractivity contribution in [2.24, 2.45) is 0 Å². The highest BCUT2D eigenvalue weighted by molar-refractivity contribution is 7.90. The lowest BCUT2D eigenvalue weighted by atomic mass is 10.1. The monoisotopic (exact) mass is 393 g/mol. The van der Waals surface area contributed by atoms with Crippen LogP contribution in [0.15, 0.2) is 23.1 Å². The third kappa shape index (κ3) is 3.13. The van der Waals surface area contributed by atoms with Crippen molar-refractivity contribution < 1.29 is 22.7 Å². The van der Waals surface area contributed by atoms with Crippen molar-refractivity contribution in [3.05, 3.63) is 29.3 Å². The Bertz CT molecular complexity index is 885. The molecule has 146 valence electrons. The van der Waals surface area contributed by atoms with Gasteiger partial charge in [0.2, 0.25) is 0 Å². The number of hydrogen-bond acceptors (Lipinski definition) is 6. The van der Waals surface area contributed by atoms with Crippen molar-refractivity contribution in [3.63, 3.8) is 0 Å². The lowest BCUT2D eigenvalue weighted by Crippen LogP contribution is -2.39. The van der Waals surface area contributed by atoms with E-state index >= 15 is 0 Å². The molecule has 0 radical (unpaired) electrons. The number of sulfonamides is 1. The summed E-state index contributed by atoms with van der Waals surface area (Å²) in [7, 11) is -2.51. The first-order chi connectivity index (χ1) is 12.9. The minimum absolute atomic E-state index is 0.0451. The average Bonchev–Trinajstić information content (AvgIpc) is 3.07. The standard InChI is InChI=1S/C18H23N3O5S/c1-26-9-8-21-18(23)15-5-2-12(10-16(15)27(21,24)25)17(22)20-7-6-13-3-4-14(11-20)19-13/h2,5,10,13-14,19H,3-4,6-9,11H2,1H3. The largest absolute Gasteiger partial charge is 0.383 e. The van der Waals surface area contributed by atoms with Crippen LogP contribution < -0.4 is 5.32 Å². The van der Waals surface area contributed by atoms with Crippen molar-refractivity contribution in [2.45, 2.75) is 36.2 Å². The van der Waals surface area contributed by atoms with Crippen LogP contribution >= 0.6 is 0 Å². The van der Waals surface area contributed by atoms with E-state index in [1.54, 1.807) is 11.0 Å². The Morgan fingerprint density at radius 2 is 2.04 bits per heavy atom. The third-order valence-corrected chi connectivity index (χ3v) is 7.38. The van der Waals surface area contributed by atoms with Gasteiger partial charge in [0, 0.05) is 37.8 Å². The van der Waals surface area contributed by atoms with Gasteiger partial charge in [0.15, 0.2) is 0 Å². The maximum absolute atomic E-state index is 13.0. The summed E-state index contributed by atoms with van der Waals surface area (Å²) in [5.41, 5.74) is 0.413. The molecule has 2 unspecified atom stereocenters. The van der Waals surface area contributed by atoms with E-state index < -0.39 is 15.9 Å². The predicted molar refractivity (Wildman–Crippen MR) is 97.0 cm³/mol. The zero-order valence-electron chi connectivity index (χ0n) is 15.2. The van der Waals surface area contributed by atoms with Crippen molar-refractivity contribution >= 4 is 21.8 Å². The van der Waals surface area contributed by atoms with Gasteiger partial charge in [0.05, 0.1) is 18.7 Å². The molecule has 0 aliphatic carbocycles. The second-order valence-corrected chi connectivity index (χ2v) is 9.09. The molecule has 3 aliphatic heterocycles. The molecule has 2 bridgehead atoms. The van der Waals surface area contributed by atoms with Crippen molar-refractivity contribution in [2.75, 3.05) is 33.4 Å². The topological polar surface area (TPSA) is 96.0 Å².